The Labute approximate surface area is 182 Å². The molecule has 0 spiro atoms. The van der Waals surface area contributed by atoms with Gasteiger partial charge in [0.15, 0.2) is 17.5 Å². The minimum Gasteiger partial charge on any atom is -0.454 e. The summed E-state index contributed by atoms with van der Waals surface area (Å²) in [6.07, 6.45) is 2.41. The monoisotopic (exact) mass is 429 g/mol. The summed E-state index contributed by atoms with van der Waals surface area (Å²) in [6, 6.07) is 6.10. The van der Waals surface area contributed by atoms with E-state index in [-0.39, 0.29) is 0 Å². The maximum Gasteiger partial charge on any atom is 0.231 e. The number of ether oxygens (including phenoxy) is 2. The second kappa shape index (κ2) is 9.66. The zero-order chi connectivity index (χ0) is 20.9. The Balaban J connectivity index is 1.21. The van der Waals surface area contributed by atoms with Gasteiger partial charge in [-0.05, 0) is 56.5 Å². The molecule has 1 fully saturated rings. The van der Waals surface area contributed by atoms with Crippen LogP contribution in [0.1, 0.15) is 29.1 Å². The van der Waals surface area contributed by atoms with Crippen molar-refractivity contribution in [2.75, 3.05) is 40.5 Å². The van der Waals surface area contributed by atoms with Crippen molar-refractivity contribution in [1.29, 1.82) is 0 Å². The summed E-state index contributed by atoms with van der Waals surface area (Å²) in [6.45, 7) is 7.35. The van der Waals surface area contributed by atoms with Gasteiger partial charge in [0.25, 0.3) is 0 Å². The lowest BCUT2D eigenvalue weighted by atomic mass is 9.97. The van der Waals surface area contributed by atoms with Crippen molar-refractivity contribution in [3.05, 3.63) is 39.8 Å². The Morgan fingerprint density at radius 1 is 1.30 bits per heavy atom. The number of benzene rings is 1. The Morgan fingerprint density at radius 3 is 2.83 bits per heavy atom. The lowest BCUT2D eigenvalue weighted by Gasteiger charge is -2.32. The second-order valence-electron chi connectivity index (χ2n) is 8.05. The number of nitrogens with one attached hydrogen (secondary N) is 1. The Morgan fingerprint density at radius 2 is 2.10 bits per heavy atom. The van der Waals surface area contributed by atoms with E-state index in [0.717, 1.165) is 55.2 Å². The van der Waals surface area contributed by atoms with Gasteiger partial charge in [0.2, 0.25) is 6.79 Å². The molecule has 4 rings (SSSR count). The molecule has 0 unspecified atom stereocenters. The molecule has 2 aliphatic rings. The molecular weight excluding hydrogens is 398 g/mol. The average molecular weight is 430 g/mol. The zero-order valence-corrected chi connectivity index (χ0v) is 18.9. The van der Waals surface area contributed by atoms with E-state index in [1.165, 1.54) is 24.1 Å². The maximum absolute atomic E-state index is 5.49. The number of thiazole rings is 1. The van der Waals surface area contributed by atoms with Crippen molar-refractivity contribution in [1.82, 2.24) is 20.1 Å². The molecular formula is C22H31N5O2S. The summed E-state index contributed by atoms with van der Waals surface area (Å²) < 4.78 is 10.9. The van der Waals surface area contributed by atoms with E-state index in [1.807, 2.05) is 19.2 Å². The van der Waals surface area contributed by atoms with Crippen LogP contribution in [0, 0.1) is 12.8 Å². The highest BCUT2D eigenvalue weighted by Crippen LogP contribution is 2.32. The van der Waals surface area contributed by atoms with Crippen molar-refractivity contribution in [2.24, 2.45) is 10.9 Å². The summed E-state index contributed by atoms with van der Waals surface area (Å²) in [5, 5.41) is 6.91. The van der Waals surface area contributed by atoms with Gasteiger partial charge in [-0.25, -0.2) is 4.98 Å². The zero-order valence-electron chi connectivity index (χ0n) is 18.1. The molecule has 0 atom stereocenters. The number of guanidine groups is 1. The number of aryl methyl sites for hydroxylation is 1. The molecule has 8 heteroatoms. The summed E-state index contributed by atoms with van der Waals surface area (Å²) in [4.78, 5) is 13.7. The summed E-state index contributed by atoms with van der Waals surface area (Å²) in [5.41, 5.74) is 2.38. The molecule has 1 saturated heterocycles. The molecule has 7 nitrogen and oxygen atoms in total. The predicted octanol–water partition coefficient (Wildman–Crippen LogP) is 3.10. The quantitative estimate of drug-likeness (QED) is 0.562. The summed E-state index contributed by atoms with van der Waals surface area (Å²) in [5.74, 6) is 3.24. The van der Waals surface area contributed by atoms with E-state index in [9.17, 15) is 0 Å². The third kappa shape index (κ3) is 5.23. The highest BCUT2D eigenvalue weighted by atomic mass is 32.1. The average Bonchev–Trinajstić information content (AvgIpc) is 3.38. The minimum absolute atomic E-state index is 0.306. The van der Waals surface area contributed by atoms with Crippen LogP contribution < -0.4 is 14.8 Å². The van der Waals surface area contributed by atoms with E-state index in [0.29, 0.717) is 12.7 Å². The number of nitrogens with zero attached hydrogens (tertiary/aromatic N) is 4. The number of fused-ring (bicyclic) bond motifs is 1. The molecule has 1 aromatic carbocycles. The largest absolute Gasteiger partial charge is 0.454 e. The first-order chi connectivity index (χ1) is 14.6. The van der Waals surface area contributed by atoms with Crippen LogP contribution >= 0.6 is 11.3 Å². The van der Waals surface area contributed by atoms with Crippen molar-refractivity contribution < 1.29 is 9.47 Å². The van der Waals surface area contributed by atoms with Crippen LogP contribution in [0.2, 0.25) is 0 Å². The number of likely N-dealkylation sites (tertiary alicyclic amines) is 1. The molecule has 1 N–H and O–H groups in total. The van der Waals surface area contributed by atoms with Gasteiger partial charge in [-0.2, -0.15) is 0 Å². The number of aromatic nitrogens is 1. The molecule has 2 aliphatic heterocycles. The lowest BCUT2D eigenvalue weighted by molar-refractivity contribution is 0.174. The molecule has 0 amide bonds. The van der Waals surface area contributed by atoms with Gasteiger partial charge < -0.3 is 19.7 Å². The van der Waals surface area contributed by atoms with Crippen LogP contribution in [0.5, 0.6) is 11.5 Å². The first kappa shape index (κ1) is 20.9. The van der Waals surface area contributed by atoms with E-state index in [1.54, 1.807) is 11.3 Å². The lowest BCUT2D eigenvalue weighted by Crippen LogP contribution is -2.43. The standard InChI is InChI=1S/C22H31N5O2S/c1-16-25-19(14-30-16)13-27-8-6-17(7-9-27)11-24-22(23-2)26(3)12-18-4-5-20-21(10-18)29-15-28-20/h4-5,10,14,17H,6-9,11-13,15H2,1-3H3,(H,23,24). The highest BCUT2D eigenvalue weighted by molar-refractivity contribution is 7.09. The molecule has 0 radical (unpaired) electrons. The van der Waals surface area contributed by atoms with E-state index in [4.69, 9.17) is 9.47 Å². The molecule has 0 saturated carbocycles. The fraction of sp³-hybridized carbons (Fsp3) is 0.545. The van der Waals surface area contributed by atoms with Gasteiger partial charge in [0.05, 0.1) is 10.7 Å². The van der Waals surface area contributed by atoms with Gasteiger partial charge in [0, 0.05) is 39.1 Å². The van der Waals surface area contributed by atoms with Crippen molar-refractivity contribution in [3.63, 3.8) is 0 Å². The van der Waals surface area contributed by atoms with Crippen LogP contribution in [0.3, 0.4) is 0 Å². The topological polar surface area (TPSA) is 62.2 Å². The van der Waals surface area contributed by atoms with Crippen LogP contribution in [0.4, 0.5) is 0 Å². The number of rotatable bonds is 6. The predicted molar refractivity (Wildman–Crippen MR) is 120 cm³/mol. The molecule has 3 heterocycles. The fourth-order valence-corrected chi connectivity index (χ4v) is 4.67. The first-order valence-electron chi connectivity index (χ1n) is 10.5. The van der Waals surface area contributed by atoms with Crippen LogP contribution in [0.15, 0.2) is 28.6 Å². The normalized spacial score (nSPS) is 17.4. The van der Waals surface area contributed by atoms with E-state index in [2.05, 4.69) is 50.5 Å². The van der Waals surface area contributed by atoms with Crippen molar-refractivity contribution in [3.8, 4) is 11.5 Å². The van der Waals surface area contributed by atoms with Crippen LogP contribution in [-0.2, 0) is 13.1 Å². The first-order valence-corrected chi connectivity index (χ1v) is 11.4. The molecule has 0 bridgehead atoms. The summed E-state index contributed by atoms with van der Waals surface area (Å²) >= 11 is 1.74. The van der Waals surface area contributed by atoms with Gasteiger partial charge in [0.1, 0.15) is 0 Å². The smallest absolute Gasteiger partial charge is 0.231 e. The SMILES string of the molecule is CN=C(NCC1CCN(Cc2csc(C)n2)CC1)N(C)Cc1ccc2c(c1)OCO2. The van der Waals surface area contributed by atoms with Crippen LogP contribution in [-0.4, -0.2) is 61.3 Å². The second-order valence-corrected chi connectivity index (χ2v) is 9.11. The third-order valence-corrected chi connectivity index (χ3v) is 6.56. The van der Waals surface area contributed by atoms with Crippen molar-refractivity contribution in [2.45, 2.75) is 32.9 Å². The van der Waals surface area contributed by atoms with Gasteiger partial charge in [-0.15, -0.1) is 11.3 Å². The third-order valence-electron chi connectivity index (χ3n) is 5.74. The molecule has 30 heavy (non-hydrogen) atoms. The highest BCUT2D eigenvalue weighted by Gasteiger charge is 2.21. The maximum atomic E-state index is 5.49. The molecule has 1 aromatic heterocycles. The Hall–Kier alpha value is -2.32. The van der Waals surface area contributed by atoms with E-state index < -0.39 is 0 Å². The minimum atomic E-state index is 0.306. The van der Waals surface area contributed by atoms with Gasteiger partial charge in [-0.3, -0.25) is 9.89 Å². The molecule has 162 valence electrons. The van der Waals surface area contributed by atoms with Gasteiger partial charge >= 0.3 is 0 Å². The fourth-order valence-electron chi connectivity index (χ4n) is 4.07. The number of aliphatic imine (C=N–C) groups is 1. The van der Waals surface area contributed by atoms with Gasteiger partial charge in [-0.1, -0.05) is 6.07 Å². The Bertz CT molecular complexity index is 876. The number of piperidine rings is 1. The Kier molecular flexibility index (Phi) is 6.74. The molecule has 2 aromatic rings. The summed E-state index contributed by atoms with van der Waals surface area (Å²) in [7, 11) is 3.91. The van der Waals surface area contributed by atoms with E-state index >= 15 is 0 Å². The molecule has 0 aliphatic carbocycles. The number of hydrogen-bond acceptors (Lipinski definition) is 6. The van der Waals surface area contributed by atoms with Crippen molar-refractivity contribution >= 4 is 17.3 Å². The number of hydrogen-bond donors (Lipinski definition) is 1. The van der Waals surface area contributed by atoms with Crippen LogP contribution in [0.25, 0.3) is 0 Å².